The number of ether oxygens (including phenoxy) is 1. The van der Waals surface area contributed by atoms with Crippen LogP contribution in [0.15, 0.2) is 0 Å². The molecule has 1 unspecified atom stereocenters. The average Bonchev–Trinajstić information content (AvgIpc) is 1.83. The molecule has 1 atom stereocenters. The molecule has 2 N–H and O–H groups in total. The first-order valence-electron chi connectivity index (χ1n) is 2.55. The zero-order valence-electron chi connectivity index (χ0n) is 5.87. The molecule has 50 valence electrons. The maximum atomic E-state index is 8.56. The molecule has 0 aliphatic rings. The standard InChI is InChI=1S/C5H11O3.Na/c1-2-8-4-5(7)3-6;/h4-7H,2-3H2,1H3;/q-1;+1. The quantitative estimate of drug-likeness (QED) is 0.317. The summed E-state index contributed by atoms with van der Waals surface area (Å²) < 4.78 is 4.65. The van der Waals surface area contributed by atoms with Crippen LogP contribution in [-0.4, -0.2) is 29.5 Å². The molecule has 3 nitrogen and oxygen atoms in total. The maximum absolute atomic E-state index is 8.56. The van der Waals surface area contributed by atoms with Crippen LogP contribution in [0.2, 0.25) is 0 Å². The predicted molar refractivity (Wildman–Crippen MR) is 29.0 cm³/mol. The van der Waals surface area contributed by atoms with Crippen molar-refractivity contribution in [2.75, 3.05) is 13.2 Å². The van der Waals surface area contributed by atoms with Crippen molar-refractivity contribution in [2.24, 2.45) is 0 Å². The topological polar surface area (TPSA) is 49.7 Å². The average molecular weight is 142 g/mol. The van der Waals surface area contributed by atoms with Gasteiger partial charge in [0.2, 0.25) is 0 Å². The van der Waals surface area contributed by atoms with Gasteiger partial charge < -0.3 is 14.9 Å². The molecule has 4 heteroatoms. The van der Waals surface area contributed by atoms with Gasteiger partial charge in [0.1, 0.15) is 0 Å². The van der Waals surface area contributed by atoms with E-state index in [1.165, 1.54) is 6.61 Å². The molecule has 0 spiro atoms. The molecule has 0 aliphatic heterocycles. The summed E-state index contributed by atoms with van der Waals surface area (Å²) in [6, 6.07) is 0. The van der Waals surface area contributed by atoms with E-state index in [1.807, 2.05) is 0 Å². The first-order chi connectivity index (χ1) is 3.81. The van der Waals surface area contributed by atoms with E-state index in [0.29, 0.717) is 6.61 Å². The third kappa shape index (κ3) is 8.88. The number of hydrogen-bond acceptors (Lipinski definition) is 3. The molecule has 0 bridgehead atoms. The summed E-state index contributed by atoms with van der Waals surface area (Å²) in [5.74, 6) is 0. The molecule has 0 saturated carbocycles. The van der Waals surface area contributed by atoms with Gasteiger partial charge in [-0.05, 0) is 13.0 Å². The first-order valence-corrected chi connectivity index (χ1v) is 2.55. The van der Waals surface area contributed by atoms with E-state index in [9.17, 15) is 0 Å². The molecule has 0 heterocycles. The van der Waals surface area contributed by atoms with Crippen LogP contribution in [-0.2, 0) is 4.74 Å². The number of aliphatic hydroxyl groups excluding tert-OH is 2. The van der Waals surface area contributed by atoms with Crippen molar-refractivity contribution >= 4 is 0 Å². The SMILES string of the molecule is CCO[CH-]C(O)CO.[Na+]. The Bertz CT molecular complexity index is 51.5. The summed E-state index contributed by atoms with van der Waals surface area (Å²) in [6.07, 6.45) is -0.838. The van der Waals surface area contributed by atoms with E-state index in [0.717, 1.165) is 0 Å². The van der Waals surface area contributed by atoms with Gasteiger partial charge >= 0.3 is 29.6 Å². The van der Waals surface area contributed by atoms with E-state index in [4.69, 9.17) is 10.2 Å². The molecule has 0 radical (unpaired) electrons. The van der Waals surface area contributed by atoms with Crippen LogP contribution in [0.25, 0.3) is 0 Å². The second-order valence-corrected chi connectivity index (χ2v) is 1.34. The van der Waals surface area contributed by atoms with E-state index in [1.54, 1.807) is 6.92 Å². The smallest absolute Gasteiger partial charge is 0.550 e. The molecule has 0 saturated heterocycles. The number of aliphatic hydroxyl groups is 2. The summed E-state index contributed by atoms with van der Waals surface area (Å²) >= 11 is 0. The molecule has 0 amide bonds. The molecule has 0 aromatic rings. The Kier molecular flexibility index (Phi) is 12.4. The minimum absolute atomic E-state index is 0. The Morgan fingerprint density at radius 1 is 1.67 bits per heavy atom. The maximum Gasteiger partial charge on any atom is 1.00 e. The van der Waals surface area contributed by atoms with Gasteiger partial charge in [0, 0.05) is 13.2 Å². The number of hydrogen-bond donors (Lipinski definition) is 2. The van der Waals surface area contributed by atoms with Crippen molar-refractivity contribution < 1.29 is 44.5 Å². The zero-order chi connectivity index (χ0) is 6.41. The van der Waals surface area contributed by atoms with Crippen LogP contribution in [0, 0.1) is 6.61 Å². The molecule has 0 aliphatic carbocycles. The van der Waals surface area contributed by atoms with Crippen LogP contribution < -0.4 is 29.6 Å². The summed E-state index contributed by atoms with van der Waals surface area (Å²) in [5, 5.41) is 16.8. The molecular formula is C5H11NaO3. The fourth-order valence-corrected chi connectivity index (χ4v) is 0.250. The van der Waals surface area contributed by atoms with Crippen molar-refractivity contribution in [3.8, 4) is 0 Å². The van der Waals surface area contributed by atoms with Crippen molar-refractivity contribution in [1.82, 2.24) is 0 Å². The Balaban J connectivity index is 0. The normalized spacial score (nSPS) is 12.3. The second kappa shape index (κ2) is 8.88. The molecule has 0 aromatic carbocycles. The van der Waals surface area contributed by atoms with E-state index < -0.39 is 6.10 Å². The van der Waals surface area contributed by atoms with Crippen LogP contribution in [0.4, 0.5) is 0 Å². The Morgan fingerprint density at radius 2 is 2.22 bits per heavy atom. The van der Waals surface area contributed by atoms with E-state index in [-0.39, 0.29) is 36.2 Å². The van der Waals surface area contributed by atoms with Crippen LogP contribution >= 0.6 is 0 Å². The molecule has 0 fully saturated rings. The summed E-state index contributed by atoms with van der Waals surface area (Å²) in [6.45, 7) is 3.26. The van der Waals surface area contributed by atoms with Gasteiger partial charge in [-0.2, -0.15) is 6.61 Å². The van der Waals surface area contributed by atoms with Gasteiger partial charge in [-0.3, -0.25) is 0 Å². The van der Waals surface area contributed by atoms with Crippen LogP contribution in [0.1, 0.15) is 6.92 Å². The van der Waals surface area contributed by atoms with E-state index in [2.05, 4.69) is 4.74 Å². The fraction of sp³-hybridized carbons (Fsp3) is 0.800. The van der Waals surface area contributed by atoms with Crippen molar-refractivity contribution in [3.63, 3.8) is 0 Å². The molecule has 0 aromatic heterocycles. The minimum Gasteiger partial charge on any atom is -0.550 e. The summed E-state index contributed by atoms with van der Waals surface area (Å²) in [4.78, 5) is 0. The number of rotatable bonds is 4. The van der Waals surface area contributed by atoms with Gasteiger partial charge in [-0.15, -0.1) is 0 Å². The van der Waals surface area contributed by atoms with Gasteiger partial charge in [0.15, 0.2) is 0 Å². The largest absolute Gasteiger partial charge is 1.00 e. The van der Waals surface area contributed by atoms with Crippen molar-refractivity contribution in [1.29, 1.82) is 0 Å². The molecule has 9 heavy (non-hydrogen) atoms. The summed E-state index contributed by atoms with van der Waals surface area (Å²) in [7, 11) is 0. The monoisotopic (exact) mass is 142 g/mol. The zero-order valence-corrected chi connectivity index (χ0v) is 7.87. The fourth-order valence-electron chi connectivity index (χ4n) is 0.250. The van der Waals surface area contributed by atoms with Crippen LogP contribution in [0.5, 0.6) is 0 Å². The van der Waals surface area contributed by atoms with Crippen molar-refractivity contribution in [3.05, 3.63) is 6.61 Å². The minimum atomic E-state index is -0.838. The Hall–Kier alpha value is 0.880. The van der Waals surface area contributed by atoms with E-state index >= 15 is 0 Å². The van der Waals surface area contributed by atoms with Crippen LogP contribution in [0.3, 0.4) is 0 Å². The Morgan fingerprint density at radius 3 is 2.56 bits per heavy atom. The molecule has 0 rings (SSSR count). The molecular weight excluding hydrogens is 131 g/mol. The van der Waals surface area contributed by atoms with Gasteiger partial charge in [-0.25, -0.2) is 0 Å². The third-order valence-electron chi connectivity index (χ3n) is 0.607. The second-order valence-electron chi connectivity index (χ2n) is 1.34. The Labute approximate surface area is 77.3 Å². The van der Waals surface area contributed by atoms with Crippen molar-refractivity contribution in [2.45, 2.75) is 13.0 Å². The van der Waals surface area contributed by atoms with Gasteiger partial charge in [0.05, 0.1) is 0 Å². The summed E-state index contributed by atoms with van der Waals surface area (Å²) in [5.41, 5.74) is 0. The van der Waals surface area contributed by atoms with Gasteiger partial charge in [0.25, 0.3) is 0 Å². The predicted octanol–water partition coefficient (Wildman–Crippen LogP) is -3.46. The third-order valence-corrected chi connectivity index (χ3v) is 0.607. The van der Waals surface area contributed by atoms with Gasteiger partial charge in [-0.1, -0.05) is 0 Å². The first kappa shape index (κ1) is 12.5.